The van der Waals surface area contributed by atoms with Gasteiger partial charge in [0.15, 0.2) is 28.6 Å². The average molecular weight is 559 g/mol. The SMILES string of the molecule is c1ccc2c(c1)Oc1ccccc1N2c1cc(-c2nc3ccncc3o2)cc(N2c3ccccc3Oc3ccccc32)c1. The summed E-state index contributed by atoms with van der Waals surface area (Å²) >= 11 is 0. The molecule has 2 aromatic heterocycles. The van der Waals surface area contributed by atoms with Crippen molar-refractivity contribution < 1.29 is 13.9 Å². The zero-order valence-corrected chi connectivity index (χ0v) is 22.7. The average Bonchev–Trinajstić information content (AvgIpc) is 3.50. The first-order valence-corrected chi connectivity index (χ1v) is 14.0. The number of benzene rings is 5. The van der Waals surface area contributed by atoms with Gasteiger partial charge in [0.2, 0.25) is 5.89 Å². The second kappa shape index (κ2) is 9.22. The molecule has 9 rings (SSSR count). The Balaban J connectivity index is 1.32. The highest BCUT2D eigenvalue weighted by molar-refractivity contribution is 5.93. The van der Waals surface area contributed by atoms with Gasteiger partial charge in [-0.3, -0.25) is 4.98 Å². The van der Waals surface area contributed by atoms with Crippen molar-refractivity contribution in [1.82, 2.24) is 9.97 Å². The summed E-state index contributed by atoms with van der Waals surface area (Å²) in [5, 5.41) is 0. The Morgan fingerprint density at radius 1 is 0.512 bits per heavy atom. The molecule has 0 spiro atoms. The fraction of sp³-hybridized carbons (Fsp3) is 0. The first-order chi connectivity index (χ1) is 21.3. The second-order valence-electron chi connectivity index (χ2n) is 10.3. The number of fused-ring (bicyclic) bond motifs is 5. The number of para-hydroxylation sites is 8. The van der Waals surface area contributed by atoms with E-state index in [1.807, 2.05) is 78.9 Å². The van der Waals surface area contributed by atoms with Crippen LogP contribution in [0.4, 0.5) is 34.1 Å². The minimum Gasteiger partial charge on any atom is -0.453 e. The molecule has 0 unspecified atom stereocenters. The summed E-state index contributed by atoms with van der Waals surface area (Å²) in [5.74, 6) is 3.63. The molecule has 0 saturated carbocycles. The van der Waals surface area contributed by atoms with Crippen LogP contribution in [0.2, 0.25) is 0 Å². The minimum absolute atomic E-state index is 0.510. The maximum absolute atomic E-state index is 6.32. The molecule has 7 nitrogen and oxygen atoms in total. The lowest BCUT2D eigenvalue weighted by molar-refractivity contribution is 0.477. The number of rotatable bonds is 3. The Kier molecular flexibility index (Phi) is 5.06. The Labute approximate surface area is 246 Å². The molecule has 0 fully saturated rings. The third kappa shape index (κ3) is 3.75. The molecule has 2 aliphatic heterocycles. The van der Waals surface area contributed by atoms with Crippen LogP contribution in [0, 0.1) is 0 Å². The van der Waals surface area contributed by atoms with E-state index in [2.05, 4.69) is 57.2 Å². The Morgan fingerprint density at radius 2 is 0.977 bits per heavy atom. The van der Waals surface area contributed by atoms with Crippen LogP contribution in [0.25, 0.3) is 22.6 Å². The lowest BCUT2D eigenvalue weighted by atomic mass is 10.1. The molecule has 0 bridgehead atoms. The van der Waals surface area contributed by atoms with Gasteiger partial charge < -0.3 is 23.7 Å². The smallest absolute Gasteiger partial charge is 0.227 e. The lowest BCUT2D eigenvalue weighted by Gasteiger charge is -2.35. The molecule has 2 aliphatic rings. The molecule has 43 heavy (non-hydrogen) atoms. The molecule has 0 N–H and O–H groups in total. The first kappa shape index (κ1) is 23.6. The molecule has 0 amide bonds. The number of anilines is 6. The van der Waals surface area contributed by atoms with E-state index < -0.39 is 0 Å². The van der Waals surface area contributed by atoms with Crippen LogP contribution in [0.1, 0.15) is 0 Å². The summed E-state index contributed by atoms with van der Waals surface area (Å²) in [6.45, 7) is 0. The number of oxazole rings is 1. The van der Waals surface area contributed by atoms with Gasteiger partial charge in [-0.15, -0.1) is 0 Å². The van der Waals surface area contributed by atoms with Gasteiger partial charge in [0.05, 0.1) is 28.9 Å². The lowest BCUT2D eigenvalue weighted by Crippen LogP contribution is -2.18. The van der Waals surface area contributed by atoms with Crippen LogP contribution >= 0.6 is 0 Å². The Hall–Kier alpha value is -6.08. The number of aromatic nitrogens is 2. The summed E-state index contributed by atoms with van der Waals surface area (Å²) in [6, 6.07) is 40.6. The van der Waals surface area contributed by atoms with E-state index in [1.54, 1.807) is 12.4 Å². The second-order valence-corrected chi connectivity index (χ2v) is 10.3. The van der Waals surface area contributed by atoms with Gasteiger partial charge in [-0.25, -0.2) is 4.98 Å². The largest absolute Gasteiger partial charge is 0.453 e. The number of ether oxygens (including phenoxy) is 2. The molecule has 5 aromatic carbocycles. The van der Waals surface area contributed by atoms with Gasteiger partial charge in [0.25, 0.3) is 0 Å². The molecule has 7 heteroatoms. The summed E-state index contributed by atoms with van der Waals surface area (Å²) in [4.78, 5) is 13.5. The van der Waals surface area contributed by atoms with Crippen LogP contribution in [-0.2, 0) is 0 Å². The van der Waals surface area contributed by atoms with Gasteiger partial charge in [0, 0.05) is 23.1 Å². The monoisotopic (exact) mass is 558 g/mol. The first-order valence-electron chi connectivity index (χ1n) is 14.0. The van der Waals surface area contributed by atoms with Gasteiger partial charge in [0.1, 0.15) is 5.52 Å². The van der Waals surface area contributed by atoms with Crippen LogP contribution in [-0.4, -0.2) is 9.97 Å². The predicted octanol–water partition coefficient (Wildman–Crippen LogP) is 10.0. The van der Waals surface area contributed by atoms with Crippen LogP contribution < -0.4 is 19.3 Å². The van der Waals surface area contributed by atoms with Gasteiger partial charge in [-0.2, -0.15) is 0 Å². The highest BCUT2D eigenvalue weighted by Crippen LogP contribution is 2.54. The summed E-state index contributed by atoms with van der Waals surface area (Å²) in [5.41, 5.74) is 7.82. The third-order valence-electron chi connectivity index (χ3n) is 7.72. The van der Waals surface area contributed by atoms with Crippen LogP contribution in [0.5, 0.6) is 23.0 Å². The highest BCUT2D eigenvalue weighted by Gasteiger charge is 2.30. The van der Waals surface area contributed by atoms with E-state index in [0.717, 1.165) is 68.2 Å². The predicted molar refractivity (Wildman–Crippen MR) is 167 cm³/mol. The summed E-state index contributed by atoms with van der Waals surface area (Å²) < 4.78 is 18.9. The maximum Gasteiger partial charge on any atom is 0.227 e. The molecular weight excluding hydrogens is 536 g/mol. The summed E-state index contributed by atoms with van der Waals surface area (Å²) in [6.07, 6.45) is 3.42. The van der Waals surface area contributed by atoms with E-state index in [4.69, 9.17) is 18.9 Å². The molecule has 0 aliphatic carbocycles. The van der Waals surface area contributed by atoms with Crippen molar-refractivity contribution in [1.29, 1.82) is 0 Å². The van der Waals surface area contributed by atoms with Crippen molar-refractivity contribution in [3.63, 3.8) is 0 Å². The van der Waals surface area contributed by atoms with Gasteiger partial charge >= 0.3 is 0 Å². The number of hydrogen-bond donors (Lipinski definition) is 0. The van der Waals surface area contributed by atoms with Gasteiger partial charge in [-0.1, -0.05) is 48.5 Å². The Morgan fingerprint density at radius 3 is 1.44 bits per heavy atom. The molecule has 7 aromatic rings. The number of nitrogens with zero attached hydrogens (tertiary/aromatic N) is 4. The number of pyridine rings is 1. The zero-order chi connectivity index (χ0) is 28.3. The zero-order valence-electron chi connectivity index (χ0n) is 22.7. The van der Waals surface area contributed by atoms with E-state index in [0.29, 0.717) is 11.5 Å². The van der Waals surface area contributed by atoms with Gasteiger partial charge in [-0.05, 0) is 72.8 Å². The van der Waals surface area contributed by atoms with Crippen molar-refractivity contribution in [2.24, 2.45) is 0 Å². The topological polar surface area (TPSA) is 63.9 Å². The van der Waals surface area contributed by atoms with E-state index >= 15 is 0 Å². The normalized spacial score (nSPS) is 12.9. The fourth-order valence-corrected chi connectivity index (χ4v) is 5.85. The number of hydrogen-bond acceptors (Lipinski definition) is 7. The summed E-state index contributed by atoms with van der Waals surface area (Å²) in [7, 11) is 0. The van der Waals surface area contributed by atoms with Crippen molar-refractivity contribution in [3.8, 4) is 34.5 Å². The van der Waals surface area contributed by atoms with Crippen molar-refractivity contribution in [3.05, 3.63) is 134 Å². The molecule has 0 saturated heterocycles. The molecule has 0 atom stereocenters. The highest BCUT2D eigenvalue weighted by atomic mass is 16.5. The van der Waals surface area contributed by atoms with Crippen LogP contribution in [0.3, 0.4) is 0 Å². The van der Waals surface area contributed by atoms with Crippen LogP contribution in [0.15, 0.2) is 138 Å². The molecule has 4 heterocycles. The van der Waals surface area contributed by atoms with E-state index in [-0.39, 0.29) is 0 Å². The van der Waals surface area contributed by atoms with E-state index in [1.165, 1.54) is 0 Å². The third-order valence-corrected chi connectivity index (χ3v) is 7.72. The minimum atomic E-state index is 0.510. The standard InChI is InChI=1S/C36H22N4O3/c1-5-13-31-27(9-1)39(28-10-2-6-14-32(28)41-31)24-19-23(36-38-26-17-18-37-22-35(26)43-36)20-25(21-24)40-29-11-3-7-15-33(29)42-34-16-8-4-12-30(34)40/h1-22H. The van der Waals surface area contributed by atoms with Crippen molar-refractivity contribution in [2.45, 2.75) is 0 Å². The van der Waals surface area contributed by atoms with Crippen molar-refractivity contribution >= 4 is 45.2 Å². The quantitative estimate of drug-likeness (QED) is 0.214. The molecular formula is C36H22N4O3. The fourth-order valence-electron chi connectivity index (χ4n) is 5.85. The maximum atomic E-state index is 6.32. The molecule has 204 valence electrons. The van der Waals surface area contributed by atoms with E-state index in [9.17, 15) is 0 Å². The van der Waals surface area contributed by atoms with Crippen molar-refractivity contribution in [2.75, 3.05) is 9.80 Å². The Bertz CT molecular complexity index is 1950. The molecule has 0 radical (unpaired) electrons.